The first-order valence-corrected chi connectivity index (χ1v) is 7.85. The van der Waals surface area contributed by atoms with Crippen LogP contribution >= 0.6 is 0 Å². The average molecular weight is 375 g/mol. The van der Waals surface area contributed by atoms with E-state index in [0.717, 1.165) is 4.90 Å². The van der Waals surface area contributed by atoms with Gasteiger partial charge in [-0.2, -0.15) is 13.2 Å². The Hall–Kier alpha value is -2.49. The Labute approximate surface area is 148 Å². The number of anilines is 1. The van der Waals surface area contributed by atoms with Gasteiger partial charge in [0, 0.05) is 13.1 Å². The lowest BCUT2D eigenvalue weighted by Gasteiger charge is -2.48. The maximum Gasteiger partial charge on any atom is 0.422 e. The maximum atomic E-state index is 12.5. The van der Waals surface area contributed by atoms with Crippen LogP contribution in [0.3, 0.4) is 0 Å². The van der Waals surface area contributed by atoms with E-state index in [9.17, 15) is 27.9 Å². The molecule has 26 heavy (non-hydrogen) atoms. The summed E-state index contributed by atoms with van der Waals surface area (Å²) in [6.45, 7) is -0.0265. The minimum absolute atomic E-state index is 0.00333. The van der Waals surface area contributed by atoms with Crippen molar-refractivity contribution in [1.29, 1.82) is 0 Å². The third-order valence-electron chi connectivity index (χ3n) is 4.30. The number of Topliss-reactive ketones (excluding diaryl/α,β-unsaturated/α-hetero) is 1. The average Bonchev–Trinajstić information content (AvgIpc) is 2.58. The van der Waals surface area contributed by atoms with Crippen LogP contribution in [0.2, 0.25) is 0 Å². The standard InChI is InChI=1S/C16H20F3N3O4/c1-11(23)15(20-2)9-21(7-8-22(15)14(24)25)12-5-3-4-6-13(12)26-10-16(17,18)19/h3-6,20H,7-10H2,1-2H3,(H,24,25). The quantitative estimate of drug-likeness (QED) is 0.819. The second kappa shape index (κ2) is 7.40. The molecular weight excluding hydrogens is 355 g/mol. The van der Waals surface area contributed by atoms with Crippen molar-refractivity contribution in [3.63, 3.8) is 0 Å². The molecule has 2 N–H and O–H groups in total. The number of carboxylic acid groups (broad SMARTS) is 1. The predicted octanol–water partition coefficient (Wildman–Crippen LogP) is 1.93. The first kappa shape index (κ1) is 19.8. The summed E-state index contributed by atoms with van der Waals surface area (Å²) in [6.07, 6.45) is -5.74. The lowest BCUT2D eigenvalue weighted by Crippen LogP contribution is -2.73. The Morgan fingerprint density at radius 3 is 2.50 bits per heavy atom. The largest absolute Gasteiger partial charge is 0.482 e. The van der Waals surface area contributed by atoms with E-state index in [4.69, 9.17) is 4.74 Å². The number of para-hydroxylation sites is 2. The second-order valence-electron chi connectivity index (χ2n) is 5.89. The number of benzene rings is 1. The molecule has 0 spiro atoms. The van der Waals surface area contributed by atoms with Gasteiger partial charge in [-0.3, -0.25) is 15.0 Å². The number of halogens is 3. The highest BCUT2D eigenvalue weighted by atomic mass is 19.4. The van der Waals surface area contributed by atoms with E-state index in [-0.39, 0.29) is 25.4 Å². The van der Waals surface area contributed by atoms with Crippen molar-refractivity contribution in [2.45, 2.75) is 18.8 Å². The second-order valence-corrected chi connectivity index (χ2v) is 5.89. The number of hydrogen-bond donors (Lipinski definition) is 2. The number of alkyl halides is 3. The molecule has 1 saturated heterocycles. The van der Waals surface area contributed by atoms with E-state index >= 15 is 0 Å². The molecule has 0 radical (unpaired) electrons. The molecule has 1 atom stereocenters. The van der Waals surface area contributed by atoms with Crippen LogP contribution in [-0.2, 0) is 4.79 Å². The number of carbonyl (C=O) groups excluding carboxylic acids is 1. The van der Waals surface area contributed by atoms with Crippen LogP contribution in [0.25, 0.3) is 0 Å². The first-order chi connectivity index (χ1) is 12.1. The SMILES string of the molecule is CNC1(C(C)=O)CN(c2ccccc2OCC(F)(F)F)CCN1C(=O)O. The zero-order valence-electron chi connectivity index (χ0n) is 14.3. The monoisotopic (exact) mass is 375 g/mol. The number of piperazine rings is 1. The van der Waals surface area contributed by atoms with E-state index in [1.54, 1.807) is 23.1 Å². The zero-order chi connectivity index (χ0) is 19.5. The van der Waals surface area contributed by atoms with Gasteiger partial charge in [-0.25, -0.2) is 4.79 Å². The van der Waals surface area contributed by atoms with Gasteiger partial charge in [0.2, 0.25) is 0 Å². The summed E-state index contributed by atoms with van der Waals surface area (Å²) in [5.41, 5.74) is -1.14. The van der Waals surface area contributed by atoms with Gasteiger partial charge in [0.25, 0.3) is 0 Å². The maximum absolute atomic E-state index is 12.5. The van der Waals surface area contributed by atoms with Crippen LogP contribution in [0.1, 0.15) is 6.92 Å². The van der Waals surface area contributed by atoms with Crippen LogP contribution in [0.5, 0.6) is 5.75 Å². The number of ketones is 1. The van der Waals surface area contributed by atoms with Crippen molar-refractivity contribution in [2.24, 2.45) is 0 Å². The summed E-state index contributed by atoms with van der Waals surface area (Å²) in [5, 5.41) is 12.2. The minimum Gasteiger partial charge on any atom is -0.482 e. The highest BCUT2D eigenvalue weighted by Crippen LogP contribution is 2.33. The number of hydrogen-bond acceptors (Lipinski definition) is 5. The van der Waals surface area contributed by atoms with Crippen molar-refractivity contribution >= 4 is 17.6 Å². The van der Waals surface area contributed by atoms with E-state index in [1.165, 1.54) is 20.0 Å². The number of rotatable bonds is 5. The fourth-order valence-electron chi connectivity index (χ4n) is 3.01. The lowest BCUT2D eigenvalue weighted by atomic mass is 9.99. The summed E-state index contributed by atoms with van der Waals surface area (Å²) in [4.78, 5) is 26.4. The molecule has 0 bridgehead atoms. The van der Waals surface area contributed by atoms with E-state index in [0.29, 0.717) is 5.69 Å². The molecule has 0 saturated carbocycles. The van der Waals surface area contributed by atoms with Gasteiger partial charge in [0.05, 0.1) is 12.2 Å². The molecule has 1 aliphatic rings. The number of carbonyl (C=O) groups is 2. The topological polar surface area (TPSA) is 82.1 Å². The van der Waals surface area contributed by atoms with Crippen molar-refractivity contribution < 1.29 is 32.6 Å². The van der Waals surface area contributed by atoms with Crippen molar-refractivity contribution in [2.75, 3.05) is 38.2 Å². The molecule has 144 valence electrons. The fraction of sp³-hybridized carbons (Fsp3) is 0.500. The van der Waals surface area contributed by atoms with Gasteiger partial charge in [-0.1, -0.05) is 12.1 Å². The molecule has 0 aromatic heterocycles. The van der Waals surface area contributed by atoms with E-state index < -0.39 is 30.3 Å². The molecule has 1 unspecified atom stereocenters. The summed E-state index contributed by atoms with van der Waals surface area (Å²) < 4.78 is 42.3. The van der Waals surface area contributed by atoms with Crippen LogP contribution in [0.15, 0.2) is 24.3 Å². The first-order valence-electron chi connectivity index (χ1n) is 7.85. The summed E-state index contributed by atoms with van der Waals surface area (Å²) in [6, 6.07) is 6.15. The number of nitrogens with zero attached hydrogens (tertiary/aromatic N) is 2. The van der Waals surface area contributed by atoms with Gasteiger partial charge in [0.1, 0.15) is 5.75 Å². The molecule has 1 amide bonds. The van der Waals surface area contributed by atoms with Gasteiger partial charge in [0.15, 0.2) is 18.1 Å². The Morgan fingerprint density at radius 1 is 1.31 bits per heavy atom. The van der Waals surface area contributed by atoms with E-state index in [2.05, 4.69) is 5.32 Å². The number of likely N-dealkylation sites (N-methyl/N-ethyl adjacent to an activating group) is 1. The number of ether oxygens (including phenoxy) is 1. The molecule has 7 nitrogen and oxygen atoms in total. The summed E-state index contributed by atoms with van der Waals surface area (Å²) in [7, 11) is 1.47. The highest BCUT2D eigenvalue weighted by Gasteiger charge is 2.47. The van der Waals surface area contributed by atoms with E-state index in [1.807, 2.05) is 0 Å². The van der Waals surface area contributed by atoms with Crippen molar-refractivity contribution in [3.05, 3.63) is 24.3 Å². The molecule has 1 fully saturated rings. The summed E-state index contributed by atoms with van der Waals surface area (Å²) >= 11 is 0. The molecule has 0 aliphatic carbocycles. The van der Waals surface area contributed by atoms with Gasteiger partial charge < -0.3 is 14.7 Å². The number of nitrogens with one attached hydrogen (secondary N) is 1. The third kappa shape index (κ3) is 4.01. The normalized spacial score (nSPS) is 20.8. The van der Waals surface area contributed by atoms with Crippen LogP contribution < -0.4 is 15.0 Å². The summed E-state index contributed by atoms with van der Waals surface area (Å²) in [5.74, 6) is -0.400. The smallest absolute Gasteiger partial charge is 0.422 e. The van der Waals surface area contributed by atoms with Gasteiger partial charge >= 0.3 is 12.3 Å². The molecule has 1 aliphatic heterocycles. The molecular formula is C16H20F3N3O4. The molecule has 1 aromatic carbocycles. The Morgan fingerprint density at radius 2 is 1.96 bits per heavy atom. The Bertz CT molecular complexity index is 683. The fourth-order valence-corrected chi connectivity index (χ4v) is 3.01. The van der Waals surface area contributed by atoms with Gasteiger partial charge in [-0.15, -0.1) is 0 Å². The zero-order valence-corrected chi connectivity index (χ0v) is 14.3. The third-order valence-corrected chi connectivity index (χ3v) is 4.30. The Balaban J connectivity index is 2.33. The van der Waals surface area contributed by atoms with Crippen molar-refractivity contribution in [1.82, 2.24) is 10.2 Å². The predicted molar refractivity (Wildman–Crippen MR) is 87.4 cm³/mol. The lowest BCUT2D eigenvalue weighted by molar-refractivity contribution is -0.153. The van der Waals surface area contributed by atoms with Gasteiger partial charge in [-0.05, 0) is 26.1 Å². The molecule has 1 aromatic rings. The van der Waals surface area contributed by atoms with Crippen molar-refractivity contribution in [3.8, 4) is 5.75 Å². The molecule has 1 heterocycles. The Kier molecular flexibility index (Phi) is 5.65. The molecule has 2 rings (SSSR count). The molecule has 10 heteroatoms. The highest BCUT2D eigenvalue weighted by molar-refractivity contribution is 5.90. The van der Waals surface area contributed by atoms with Crippen LogP contribution in [0.4, 0.5) is 23.7 Å². The van der Waals surface area contributed by atoms with Crippen LogP contribution in [0, 0.1) is 0 Å². The number of amides is 1. The van der Waals surface area contributed by atoms with Crippen LogP contribution in [-0.4, -0.2) is 67.0 Å². The minimum atomic E-state index is -4.48.